The number of aromatic nitrogens is 3. The Morgan fingerprint density at radius 3 is 3.18 bits per heavy atom. The first kappa shape index (κ1) is 6.54. The van der Waals surface area contributed by atoms with Gasteiger partial charge in [0.15, 0.2) is 5.65 Å². The average molecular weight is 164 g/mol. The highest BCUT2D eigenvalue weighted by Gasteiger charge is 1.99. The quantitative estimate of drug-likeness (QED) is 0.553. The fourth-order valence-electron chi connectivity index (χ4n) is 1.00. The van der Waals surface area contributed by atoms with Crippen LogP contribution < -0.4 is 0 Å². The second-order valence-corrected chi connectivity index (χ2v) is 2.76. The van der Waals surface area contributed by atoms with Crippen LogP contribution in [0.25, 0.3) is 5.65 Å². The van der Waals surface area contributed by atoms with Crippen LogP contribution in [0.1, 0.15) is 5.69 Å². The summed E-state index contributed by atoms with van der Waals surface area (Å²) in [4.78, 5) is 4.23. The van der Waals surface area contributed by atoms with Gasteiger partial charge in [-0.05, 0) is 13.0 Å². The standard InChI is InChI=1S/C7H6N3S/c1-5-4-7(11)10-6(9-5)2-3-8-10/h2-4H,1H3. The van der Waals surface area contributed by atoms with Crippen molar-refractivity contribution >= 4 is 18.3 Å². The molecule has 0 unspecified atom stereocenters. The zero-order valence-corrected chi connectivity index (χ0v) is 6.80. The van der Waals surface area contributed by atoms with Crippen LogP contribution >= 0.6 is 12.6 Å². The first-order valence-electron chi connectivity index (χ1n) is 3.26. The molecule has 0 saturated heterocycles. The van der Waals surface area contributed by atoms with E-state index in [0.717, 1.165) is 11.3 Å². The van der Waals surface area contributed by atoms with Gasteiger partial charge >= 0.3 is 0 Å². The summed E-state index contributed by atoms with van der Waals surface area (Å²) in [7, 11) is 0. The summed E-state index contributed by atoms with van der Waals surface area (Å²) < 4.78 is 1.64. The molecule has 55 valence electrons. The Balaban J connectivity index is 2.91. The second-order valence-electron chi connectivity index (χ2n) is 2.34. The third-order valence-electron chi connectivity index (χ3n) is 1.45. The van der Waals surface area contributed by atoms with Gasteiger partial charge in [0.1, 0.15) is 5.03 Å². The van der Waals surface area contributed by atoms with E-state index in [2.05, 4.69) is 10.1 Å². The van der Waals surface area contributed by atoms with Crippen molar-refractivity contribution in [3.8, 4) is 0 Å². The minimum atomic E-state index is 0.706. The molecular weight excluding hydrogens is 158 g/mol. The van der Waals surface area contributed by atoms with Gasteiger partial charge in [0.05, 0.1) is 6.20 Å². The van der Waals surface area contributed by atoms with Gasteiger partial charge in [-0.2, -0.15) is 5.10 Å². The van der Waals surface area contributed by atoms with Crippen LogP contribution in [0.4, 0.5) is 0 Å². The van der Waals surface area contributed by atoms with Crippen molar-refractivity contribution in [2.45, 2.75) is 11.9 Å². The third-order valence-corrected chi connectivity index (χ3v) is 1.75. The SMILES string of the molecule is Cc1cc([S])n2nccc2n1. The van der Waals surface area contributed by atoms with Crippen molar-refractivity contribution in [1.29, 1.82) is 0 Å². The third kappa shape index (κ3) is 0.952. The minimum Gasteiger partial charge on any atom is -0.234 e. The van der Waals surface area contributed by atoms with Crippen molar-refractivity contribution in [3.63, 3.8) is 0 Å². The van der Waals surface area contributed by atoms with Gasteiger partial charge in [0, 0.05) is 11.8 Å². The molecule has 11 heavy (non-hydrogen) atoms. The van der Waals surface area contributed by atoms with Gasteiger partial charge in [-0.1, -0.05) is 12.6 Å². The number of nitrogens with zero attached hydrogens (tertiary/aromatic N) is 3. The van der Waals surface area contributed by atoms with Crippen LogP contribution in [0.5, 0.6) is 0 Å². The smallest absolute Gasteiger partial charge is 0.156 e. The summed E-state index contributed by atoms with van der Waals surface area (Å²) in [5, 5.41) is 4.72. The monoisotopic (exact) mass is 164 g/mol. The van der Waals surface area contributed by atoms with Crippen molar-refractivity contribution in [3.05, 3.63) is 24.0 Å². The van der Waals surface area contributed by atoms with Crippen molar-refractivity contribution in [1.82, 2.24) is 14.6 Å². The van der Waals surface area contributed by atoms with Crippen molar-refractivity contribution in [2.75, 3.05) is 0 Å². The van der Waals surface area contributed by atoms with E-state index in [1.807, 2.05) is 19.1 Å². The lowest BCUT2D eigenvalue weighted by Gasteiger charge is -1.96. The van der Waals surface area contributed by atoms with Crippen LogP contribution in [-0.4, -0.2) is 14.6 Å². The second kappa shape index (κ2) is 2.17. The number of aryl methyl sites for hydroxylation is 1. The highest BCUT2D eigenvalue weighted by atomic mass is 32.1. The van der Waals surface area contributed by atoms with Crippen molar-refractivity contribution in [2.24, 2.45) is 0 Å². The zero-order chi connectivity index (χ0) is 7.84. The Morgan fingerprint density at radius 2 is 2.36 bits per heavy atom. The molecule has 2 heterocycles. The van der Waals surface area contributed by atoms with E-state index >= 15 is 0 Å². The van der Waals surface area contributed by atoms with Crippen LogP contribution in [0, 0.1) is 6.92 Å². The molecular formula is C7H6N3S. The van der Waals surface area contributed by atoms with Gasteiger partial charge < -0.3 is 0 Å². The first-order valence-corrected chi connectivity index (χ1v) is 3.66. The predicted molar refractivity (Wildman–Crippen MR) is 43.6 cm³/mol. The largest absolute Gasteiger partial charge is 0.234 e. The van der Waals surface area contributed by atoms with E-state index in [-0.39, 0.29) is 0 Å². The van der Waals surface area contributed by atoms with Gasteiger partial charge in [-0.3, -0.25) is 0 Å². The molecule has 0 atom stereocenters. The summed E-state index contributed by atoms with van der Waals surface area (Å²) in [6, 6.07) is 3.66. The number of rotatable bonds is 0. The molecule has 0 bridgehead atoms. The van der Waals surface area contributed by atoms with E-state index in [1.165, 1.54) is 0 Å². The highest BCUT2D eigenvalue weighted by molar-refractivity contribution is 7.80. The Morgan fingerprint density at radius 1 is 1.55 bits per heavy atom. The molecule has 0 aliphatic carbocycles. The Bertz CT molecular complexity index is 393. The van der Waals surface area contributed by atoms with Gasteiger partial charge in [-0.25, -0.2) is 9.50 Å². The summed E-state index contributed by atoms with van der Waals surface area (Å²) in [5.41, 5.74) is 1.75. The topological polar surface area (TPSA) is 30.2 Å². The van der Waals surface area contributed by atoms with Crippen LogP contribution in [0.3, 0.4) is 0 Å². The molecule has 0 saturated carbocycles. The number of hydrogen-bond donors (Lipinski definition) is 0. The van der Waals surface area contributed by atoms with E-state index in [9.17, 15) is 0 Å². The molecule has 0 amide bonds. The molecule has 2 rings (SSSR count). The van der Waals surface area contributed by atoms with E-state index < -0.39 is 0 Å². The predicted octanol–water partition coefficient (Wildman–Crippen LogP) is 1.59. The molecule has 0 aromatic carbocycles. The Labute approximate surface area is 69.5 Å². The lowest BCUT2D eigenvalue weighted by atomic mass is 10.4. The maximum Gasteiger partial charge on any atom is 0.156 e. The summed E-state index contributed by atoms with van der Waals surface area (Å²) in [6.45, 7) is 1.92. The van der Waals surface area contributed by atoms with Gasteiger partial charge in [0.2, 0.25) is 0 Å². The first-order chi connectivity index (χ1) is 5.27. The van der Waals surface area contributed by atoms with Crippen molar-refractivity contribution < 1.29 is 0 Å². The molecule has 3 nitrogen and oxygen atoms in total. The average Bonchev–Trinajstić information content (AvgIpc) is 2.34. The normalized spacial score (nSPS) is 10.6. The molecule has 2 aromatic heterocycles. The van der Waals surface area contributed by atoms with Crippen LogP contribution in [0.15, 0.2) is 23.4 Å². The number of hydrogen-bond acceptors (Lipinski definition) is 2. The minimum absolute atomic E-state index is 0.706. The van der Waals surface area contributed by atoms with Gasteiger partial charge in [0.25, 0.3) is 0 Å². The van der Waals surface area contributed by atoms with Crippen LogP contribution in [-0.2, 0) is 0 Å². The highest BCUT2D eigenvalue weighted by Crippen LogP contribution is 2.09. The maximum absolute atomic E-state index is 5.06. The fourth-order valence-corrected chi connectivity index (χ4v) is 1.31. The molecule has 0 fully saturated rings. The lowest BCUT2D eigenvalue weighted by molar-refractivity contribution is 0.838. The van der Waals surface area contributed by atoms with E-state index in [4.69, 9.17) is 12.6 Å². The Hall–Kier alpha value is -1.16. The maximum atomic E-state index is 5.06. The lowest BCUT2D eigenvalue weighted by Crippen LogP contribution is -1.93. The molecule has 1 radical (unpaired) electrons. The summed E-state index contributed by atoms with van der Waals surface area (Å²) >= 11 is 5.06. The fraction of sp³-hybridized carbons (Fsp3) is 0.143. The molecule has 0 aliphatic rings. The zero-order valence-electron chi connectivity index (χ0n) is 5.98. The van der Waals surface area contributed by atoms with Crippen LogP contribution in [0.2, 0.25) is 0 Å². The molecule has 0 spiro atoms. The molecule has 4 heteroatoms. The Kier molecular flexibility index (Phi) is 1.29. The van der Waals surface area contributed by atoms with E-state index in [0.29, 0.717) is 5.03 Å². The summed E-state index contributed by atoms with van der Waals surface area (Å²) in [6.07, 6.45) is 1.69. The number of fused-ring (bicyclic) bond motifs is 1. The molecule has 2 aromatic rings. The van der Waals surface area contributed by atoms with Gasteiger partial charge in [-0.15, -0.1) is 0 Å². The van der Waals surface area contributed by atoms with E-state index in [1.54, 1.807) is 10.7 Å². The summed E-state index contributed by atoms with van der Waals surface area (Å²) in [5.74, 6) is 0. The molecule has 0 aliphatic heterocycles. The molecule has 0 N–H and O–H groups in total.